The van der Waals surface area contributed by atoms with Crippen molar-refractivity contribution >= 4 is 17.7 Å². The molecule has 1 aliphatic rings. The molecular formula is C20H19F2N5OS. The molecule has 2 heterocycles. The quantitative estimate of drug-likeness (QED) is 0.592. The van der Waals surface area contributed by atoms with Gasteiger partial charge in [-0.05, 0) is 38.0 Å². The smallest absolute Gasteiger partial charge is 0.230 e. The molecule has 1 aromatic carbocycles. The van der Waals surface area contributed by atoms with Crippen LogP contribution >= 0.6 is 11.8 Å². The Kier molecular flexibility index (Phi) is 5.57. The maximum Gasteiger partial charge on any atom is 0.230 e. The van der Waals surface area contributed by atoms with Gasteiger partial charge in [0.25, 0.3) is 0 Å². The van der Waals surface area contributed by atoms with Crippen LogP contribution in [0.25, 0.3) is 11.4 Å². The Balaban J connectivity index is 1.42. The van der Waals surface area contributed by atoms with E-state index in [9.17, 15) is 13.6 Å². The van der Waals surface area contributed by atoms with Gasteiger partial charge in [0.2, 0.25) is 5.91 Å². The highest BCUT2D eigenvalue weighted by molar-refractivity contribution is 7.99. The normalized spacial score (nSPS) is 14.6. The Bertz CT molecular complexity index is 1020. The van der Waals surface area contributed by atoms with Gasteiger partial charge in [-0.25, -0.2) is 8.78 Å². The zero-order valence-corrected chi connectivity index (χ0v) is 16.5. The molecule has 0 unspecified atom stereocenters. The average molecular weight is 415 g/mol. The number of thioether (sulfide) groups is 1. The van der Waals surface area contributed by atoms with Gasteiger partial charge in [0.05, 0.1) is 11.8 Å². The van der Waals surface area contributed by atoms with Crippen LogP contribution in [0.1, 0.15) is 37.4 Å². The lowest BCUT2D eigenvalue weighted by Crippen LogP contribution is -2.28. The molecule has 0 radical (unpaired) electrons. The van der Waals surface area contributed by atoms with Gasteiger partial charge in [0.1, 0.15) is 11.6 Å². The number of carbonyl (C=O) groups excluding carboxylic acids is 1. The van der Waals surface area contributed by atoms with Crippen LogP contribution in [0, 0.1) is 11.6 Å². The van der Waals surface area contributed by atoms with Crippen LogP contribution in [-0.4, -0.2) is 31.4 Å². The fourth-order valence-electron chi connectivity index (χ4n) is 3.08. The second-order valence-electron chi connectivity index (χ2n) is 6.89. The number of amides is 1. The third-order valence-electron chi connectivity index (χ3n) is 4.65. The average Bonchev–Trinajstić information content (AvgIpc) is 3.45. The van der Waals surface area contributed by atoms with Gasteiger partial charge in [-0.1, -0.05) is 17.8 Å². The lowest BCUT2D eigenvalue weighted by Gasteiger charge is -2.15. The molecule has 1 fully saturated rings. The minimum absolute atomic E-state index is 0.119. The topological polar surface area (TPSA) is 72.7 Å². The molecule has 0 bridgehead atoms. The maximum absolute atomic E-state index is 13.9. The molecule has 4 rings (SSSR count). The summed E-state index contributed by atoms with van der Waals surface area (Å²) in [5, 5.41) is 12.0. The van der Waals surface area contributed by atoms with E-state index in [4.69, 9.17) is 0 Å². The first-order valence-electron chi connectivity index (χ1n) is 9.25. The molecule has 29 heavy (non-hydrogen) atoms. The molecular weight excluding hydrogens is 396 g/mol. The van der Waals surface area contributed by atoms with Crippen LogP contribution in [-0.2, 0) is 4.79 Å². The van der Waals surface area contributed by atoms with Crippen molar-refractivity contribution in [3.8, 4) is 11.4 Å². The molecule has 150 valence electrons. The number of hydrogen-bond acceptors (Lipinski definition) is 5. The molecule has 1 saturated carbocycles. The van der Waals surface area contributed by atoms with Crippen molar-refractivity contribution in [2.45, 2.75) is 37.0 Å². The maximum atomic E-state index is 13.9. The van der Waals surface area contributed by atoms with E-state index in [2.05, 4.69) is 25.1 Å². The summed E-state index contributed by atoms with van der Waals surface area (Å²) in [5.41, 5.74) is 1.17. The number of pyridine rings is 1. The fourth-order valence-corrected chi connectivity index (χ4v) is 3.90. The summed E-state index contributed by atoms with van der Waals surface area (Å²) in [6.07, 6.45) is 5.52. The number of hydrogen-bond donors (Lipinski definition) is 1. The van der Waals surface area contributed by atoms with Gasteiger partial charge in [0, 0.05) is 35.6 Å². The zero-order valence-electron chi connectivity index (χ0n) is 15.7. The first-order chi connectivity index (χ1) is 14.0. The van der Waals surface area contributed by atoms with E-state index in [0.717, 1.165) is 30.3 Å². The van der Waals surface area contributed by atoms with Crippen molar-refractivity contribution in [1.29, 1.82) is 0 Å². The minimum atomic E-state index is -0.680. The highest BCUT2D eigenvalue weighted by Crippen LogP contribution is 2.40. The lowest BCUT2D eigenvalue weighted by molar-refractivity contribution is -0.119. The van der Waals surface area contributed by atoms with Gasteiger partial charge in [-0.15, -0.1) is 10.2 Å². The summed E-state index contributed by atoms with van der Waals surface area (Å²) in [4.78, 5) is 16.4. The number of nitrogens with one attached hydrogen (secondary N) is 1. The van der Waals surface area contributed by atoms with Crippen LogP contribution in [0.15, 0.2) is 47.9 Å². The van der Waals surface area contributed by atoms with E-state index in [0.29, 0.717) is 11.2 Å². The Morgan fingerprint density at radius 2 is 2.00 bits per heavy atom. The Morgan fingerprint density at radius 3 is 2.69 bits per heavy atom. The molecule has 6 nitrogen and oxygen atoms in total. The SMILES string of the molecule is C[C@H](NC(=O)CSc1nnc(-c2ccncc2)n1C1CC1)c1ccc(F)cc1F. The number of halogens is 2. The lowest BCUT2D eigenvalue weighted by atomic mass is 10.1. The molecule has 9 heteroatoms. The second-order valence-corrected chi connectivity index (χ2v) is 7.83. The summed E-state index contributed by atoms with van der Waals surface area (Å²) in [6, 6.07) is 6.85. The van der Waals surface area contributed by atoms with Crippen LogP contribution in [0.4, 0.5) is 8.78 Å². The van der Waals surface area contributed by atoms with E-state index < -0.39 is 17.7 Å². The molecule has 1 atom stereocenters. The molecule has 0 saturated heterocycles. The summed E-state index contributed by atoms with van der Waals surface area (Å²) in [6.45, 7) is 1.66. The van der Waals surface area contributed by atoms with Crippen molar-refractivity contribution in [2.24, 2.45) is 0 Å². The zero-order chi connectivity index (χ0) is 20.4. The molecule has 1 amide bonds. The largest absolute Gasteiger partial charge is 0.349 e. The molecule has 1 N–H and O–H groups in total. The second kappa shape index (κ2) is 8.28. The van der Waals surface area contributed by atoms with Crippen molar-refractivity contribution < 1.29 is 13.6 Å². The number of nitrogens with zero attached hydrogens (tertiary/aromatic N) is 4. The van der Waals surface area contributed by atoms with E-state index in [1.165, 1.54) is 23.9 Å². The first-order valence-corrected chi connectivity index (χ1v) is 10.2. The van der Waals surface area contributed by atoms with Crippen LogP contribution in [0.3, 0.4) is 0 Å². The third kappa shape index (κ3) is 4.45. The van der Waals surface area contributed by atoms with Gasteiger partial charge in [-0.2, -0.15) is 0 Å². The molecule has 0 spiro atoms. The Morgan fingerprint density at radius 1 is 1.24 bits per heavy atom. The van der Waals surface area contributed by atoms with E-state index in [1.54, 1.807) is 19.3 Å². The summed E-state index contributed by atoms with van der Waals surface area (Å²) >= 11 is 1.29. The van der Waals surface area contributed by atoms with Gasteiger partial charge in [-0.3, -0.25) is 14.3 Å². The first kappa shape index (κ1) is 19.5. The fraction of sp³-hybridized carbons (Fsp3) is 0.300. The molecule has 2 aromatic heterocycles. The number of benzene rings is 1. The molecule has 0 aliphatic heterocycles. The van der Waals surface area contributed by atoms with E-state index >= 15 is 0 Å². The highest BCUT2D eigenvalue weighted by Gasteiger charge is 2.30. The van der Waals surface area contributed by atoms with Crippen molar-refractivity contribution in [1.82, 2.24) is 25.1 Å². The standard InChI is InChI=1S/C20H19F2N5OS/c1-12(16-5-2-14(21)10-17(16)22)24-18(28)11-29-20-26-25-19(27(20)15-3-4-15)13-6-8-23-9-7-13/h2,5-10,12,15H,3-4,11H2,1H3,(H,24,28)/t12-/m0/s1. The van der Waals surface area contributed by atoms with Crippen LogP contribution in [0.5, 0.6) is 0 Å². The van der Waals surface area contributed by atoms with Crippen molar-refractivity contribution in [2.75, 3.05) is 5.75 Å². The van der Waals surface area contributed by atoms with Crippen molar-refractivity contribution in [3.05, 3.63) is 59.9 Å². The molecule has 3 aromatic rings. The number of aromatic nitrogens is 4. The van der Waals surface area contributed by atoms with Gasteiger partial charge >= 0.3 is 0 Å². The highest BCUT2D eigenvalue weighted by atomic mass is 32.2. The summed E-state index contributed by atoms with van der Waals surface area (Å²) in [7, 11) is 0. The third-order valence-corrected chi connectivity index (χ3v) is 5.60. The van der Waals surface area contributed by atoms with Crippen molar-refractivity contribution in [3.63, 3.8) is 0 Å². The van der Waals surface area contributed by atoms with Gasteiger partial charge < -0.3 is 5.32 Å². The Hall–Kier alpha value is -2.81. The van der Waals surface area contributed by atoms with Crippen LogP contribution in [0.2, 0.25) is 0 Å². The van der Waals surface area contributed by atoms with E-state index in [-0.39, 0.29) is 17.2 Å². The predicted molar refractivity (Wildman–Crippen MR) is 105 cm³/mol. The summed E-state index contributed by atoms with van der Waals surface area (Å²) in [5.74, 6) is -0.707. The number of carbonyl (C=O) groups is 1. The monoisotopic (exact) mass is 415 g/mol. The van der Waals surface area contributed by atoms with Crippen LogP contribution < -0.4 is 5.32 Å². The summed E-state index contributed by atoms with van der Waals surface area (Å²) < 4.78 is 29.0. The Labute approximate surface area is 170 Å². The minimum Gasteiger partial charge on any atom is -0.349 e. The number of rotatable bonds is 7. The molecule has 1 aliphatic carbocycles. The van der Waals surface area contributed by atoms with E-state index in [1.807, 2.05) is 12.1 Å². The predicted octanol–water partition coefficient (Wildman–Crippen LogP) is 3.92. The van der Waals surface area contributed by atoms with Gasteiger partial charge in [0.15, 0.2) is 11.0 Å².